The van der Waals surface area contributed by atoms with E-state index in [1.54, 1.807) is 0 Å². The van der Waals surface area contributed by atoms with Gasteiger partial charge in [-0.1, -0.05) is 146 Å². The minimum atomic E-state index is -0.466. The molecule has 0 atom stereocenters. The van der Waals surface area contributed by atoms with Gasteiger partial charge in [0.1, 0.15) is 0 Å². The molecular formula is C49H29NS2. The van der Waals surface area contributed by atoms with Gasteiger partial charge in [-0.25, -0.2) is 0 Å². The van der Waals surface area contributed by atoms with Gasteiger partial charge >= 0.3 is 0 Å². The topological polar surface area (TPSA) is 4.93 Å². The summed E-state index contributed by atoms with van der Waals surface area (Å²) in [6.07, 6.45) is 0. The van der Waals surface area contributed by atoms with E-state index >= 15 is 0 Å². The molecule has 8 aromatic carbocycles. The fourth-order valence-electron chi connectivity index (χ4n) is 9.45. The van der Waals surface area contributed by atoms with E-state index in [-0.39, 0.29) is 0 Å². The van der Waals surface area contributed by atoms with Crippen LogP contribution in [-0.4, -0.2) is 4.57 Å². The van der Waals surface area contributed by atoms with E-state index in [0.29, 0.717) is 0 Å². The van der Waals surface area contributed by atoms with Crippen molar-refractivity contribution in [2.24, 2.45) is 0 Å². The van der Waals surface area contributed by atoms with Gasteiger partial charge in [-0.15, -0.1) is 22.7 Å². The van der Waals surface area contributed by atoms with Crippen LogP contribution in [-0.2, 0) is 5.41 Å². The predicted molar refractivity (Wildman–Crippen MR) is 224 cm³/mol. The summed E-state index contributed by atoms with van der Waals surface area (Å²) in [7, 11) is 0. The first kappa shape index (κ1) is 28.7. The zero-order valence-corrected chi connectivity index (χ0v) is 29.6. The van der Waals surface area contributed by atoms with E-state index in [9.17, 15) is 0 Å². The third-order valence-corrected chi connectivity index (χ3v) is 13.8. The van der Waals surface area contributed by atoms with Crippen LogP contribution in [0, 0.1) is 0 Å². The Hall–Kier alpha value is -6.00. The van der Waals surface area contributed by atoms with Gasteiger partial charge in [0.25, 0.3) is 0 Å². The quantitative estimate of drug-likeness (QED) is 0.173. The van der Waals surface area contributed by atoms with E-state index in [2.05, 4.69) is 180 Å². The molecule has 0 saturated carbocycles. The Balaban J connectivity index is 1.28. The SMILES string of the molecule is c1ccc(C2(c3ccccc3)c3ccccc3-c3ccc(-n4c5ccccc5c5c6sc7ccccc7c6c6sc7ccccc7c6c54)cc32)cc1. The zero-order chi connectivity index (χ0) is 34.0. The molecule has 1 nitrogen and oxygen atoms in total. The van der Waals surface area contributed by atoms with Crippen molar-refractivity contribution >= 4 is 84.8 Å². The van der Waals surface area contributed by atoms with Crippen LogP contribution in [0.4, 0.5) is 0 Å². The summed E-state index contributed by atoms with van der Waals surface area (Å²) < 4.78 is 8.00. The number of nitrogens with zero attached hydrogens (tertiary/aromatic N) is 1. The molecule has 0 bridgehead atoms. The third kappa shape index (κ3) is 3.57. The molecule has 0 spiro atoms. The lowest BCUT2D eigenvalue weighted by Crippen LogP contribution is -2.28. The number of rotatable bonds is 3. The van der Waals surface area contributed by atoms with Gasteiger partial charge in [0, 0.05) is 56.8 Å². The van der Waals surface area contributed by atoms with Crippen molar-refractivity contribution in [1.82, 2.24) is 4.57 Å². The maximum Gasteiger partial charge on any atom is 0.0714 e. The molecule has 1 aliphatic rings. The number of hydrogen-bond donors (Lipinski definition) is 0. The molecule has 242 valence electrons. The first-order valence-corrected chi connectivity index (χ1v) is 19.5. The van der Waals surface area contributed by atoms with Gasteiger partial charge in [-0.3, -0.25) is 0 Å². The normalized spacial score (nSPS) is 13.5. The lowest BCUT2D eigenvalue weighted by Gasteiger charge is -2.34. The number of thiophene rings is 2. The fourth-order valence-corrected chi connectivity index (χ4v) is 12.1. The van der Waals surface area contributed by atoms with Crippen LogP contribution >= 0.6 is 22.7 Å². The Morgan fingerprint density at radius 3 is 1.62 bits per heavy atom. The van der Waals surface area contributed by atoms with Crippen LogP contribution in [0.1, 0.15) is 22.3 Å². The van der Waals surface area contributed by atoms with Gasteiger partial charge in [0.2, 0.25) is 0 Å². The molecule has 0 amide bonds. The average molecular weight is 696 g/mol. The molecule has 3 heterocycles. The highest BCUT2D eigenvalue weighted by Crippen LogP contribution is 2.57. The summed E-state index contributed by atoms with van der Waals surface area (Å²) in [5.74, 6) is 0. The third-order valence-electron chi connectivity index (χ3n) is 11.5. The fraction of sp³-hybridized carbons (Fsp3) is 0.0204. The minimum Gasteiger partial charge on any atom is -0.309 e. The van der Waals surface area contributed by atoms with Gasteiger partial charge in [0.05, 0.1) is 16.4 Å². The summed E-state index contributed by atoms with van der Waals surface area (Å²) in [6.45, 7) is 0. The number of benzene rings is 8. The van der Waals surface area contributed by atoms with Gasteiger partial charge < -0.3 is 4.57 Å². The highest BCUT2D eigenvalue weighted by Gasteiger charge is 2.46. The van der Waals surface area contributed by atoms with Crippen molar-refractivity contribution < 1.29 is 0 Å². The summed E-state index contributed by atoms with van der Waals surface area (Å²) in [6, 6.07) is 65.6. The number of aromatic nitrogens is 1. The smallest absolute Gasteiger partial charge is 0.0714 e. The van der Waals surface area contributed by atoms with Crippen molar-refractivity contribution in [3.05, 3.63) is 198 Å². The van der Waals surface area contributed by atoms with Crippen LogP contribution in [0.15, 0.2) is 176 Å². The summed E-state index contributed by atoms with van der Waals surface area (Å²) >= 11 is 3.88. The average Bonchev–Trinajstić information content (AvgIpc) is 3.95. The van der Waals surface area contributed by atoms with Gasteiger partial charge in [0.15, 0.2) is 0 Å². The molecule has 0 fully saturated rings. The molecular weight excluding hydrogens is 667 g/mol. The monoisotopic (exact) mass is 695 g/mol. The highest BCUT2D eigenvalue weighted by molar-refractivity contribution is 7.30. The van der Waals surface area contributed by atoms with E-state index in [1.165, 1.54) is 101 Å². The van der Waals surface area contributed by atoms with Crippen LogP contribution in [0.5, 0.6) is 0 Å². The van der Waals surface area contributed by atoms with Gasteiger partial charge in [-0.05, 0) is 63.7 Å². The van der Waals surface area contributed by atoms with Crippen molar-refractivity contribution in [3.8, 4) is 16.8 Å². The van der Waals surface area contributed by atoms with Crippen molar-refractivity contribution in [3.63, 3.8) is 0 Å². The second kappa shape index (κ2) is 10.5. The second-order valence-electron chi connectivity index (χ2n) is 13.9. The number of para-hydroxylation sites is 1. The standard InChI is InChI=1S/C49H29NS2/c1-3-15-30(16-4-1)49(31-17-5-2-6-18-31)38-23-11-7-19-33(38)34-28-27-32(29-39(34)49)50-40-24-12-8-20-35(40)43-46(50)44-36-21-9-13-25-41(36)51-48(44)45-37-22-10-14-26-42(37)52-47(43)45/h1-29H. The molecule has 0 aliphatic heterocycles. The first-order chi connectivity index (χ1) is 25.8. The van der Waals surface area contributed by atoms with E-state index in [1.807, 2.05) is 22.7 Å². The Bertz CT molecular complexity index is 3160. The molecule has 0 saturated heterocycles. The second-order valence-corrected chi connectivity index (χ2v) is 16.0. The van der Waals surface area contributed by atoms with Crippen LogP contribution in [0.2, 0.25) is 0 Å². The zero-order valence-electron chi connectivity index (χ0n) is 28.0. The molecule has 3 aromatic heterocycles. The molecule has 11 aromatic rings. The molecule has 52 heavy (non-hydrogen) atoms. The molecule has 0 N–H and O–H groups in total. The maximum absolute atomic E-state index is 2.58. The molecule has 1 aliphatic carbocycles. The van der Waals surface area contributed by atoms with E-state index in [0.717, 1.165) is 0 Å². The predicted octanol–water partition coefficient (Wildman–Crippen LogP) is 13.9. The van der Waals surface area contributed by atoms with Crippen molar-refractivity contribution in [1.29, 1.82) is 0 Å². The molecule has 0 radical (unpaired) electrons. The highest BCUT2D eigenvalue weighted by atomic mass is 32.1. The van der Waals surface area contributed by atoms with Crippen LogP contribution in [0.3, 0.4) is 0 Å². The Kier molecular flexibility index (Phi) is 5.80. The summed E-state index contributed by atoms with van der Waals surface area (Å²) in [4.78, 5) is 0. The lowest BCUT2D eigenvalue weighted by molar-refractivity contribution is 0.767. The van der Waals surface area contributed by atoms with E-state index in [4.69, 9.17) is 0 Å². The molecule has 0 unspecified atom stereocenters. The largest absolute Gasteiger partial charge is 0.309 e. The first-order valence-electron chi connectivity index (χ1n) is 17.9. The number of fused-ring (bicyclic) bond motifs is 15. The Morgan fingerprint density at radius 1 is 0.404 bits per heavy atom. The molecule has 12 rings (SSSR count). The van der Waals surface area contributed by atoms with Crippen LogP contribution in [0.25, 0.3) is 79.0 Å². The minimum absolute atomic E-state index is 0.466. The number of hydrogen-bond acceptors (Lipinski definition) is 2. The Labute approximate surface area is 308 Å². The lowest BCUT2D eigenvalue weighted by atomic mass is 9.67. The summed E-state index contributed by atoms with van der Waals surface area (Å²) in [5, 5.41) is 8.07. The molecule has 3 heteroatoms. The Morgan fingerprint density at radius 2 is 0.923 bits per heavy atom. The van der Waals surface area contributed by atoms with E-state index < -0.39 is 5.41 Å². The summed E-state index contributed by atoms with van der Waals surface area (Å²) in [5.41, 5.74) is 11.1. The van der Waals surface area contributed by atoms with Gasteiger partial charge in [-0.2, -0.15) is 0 Å². The van der Waals surface area contributed by atoms with Crippen molar-refractivity contribution in [2.45, 2.75) is 5.41 Å². The van der Waals surface area contributed by atoms with Crippen molar-refractivity contribution in [2.75, 3.05) is 0 Å². The van der Waals surface area contributed by atoms with Crippen LogP contribution < -0.4 is 0 Å². The maximum atomic E-state index is 2.58.